The summed E-state index contributed by atoms with van der Waals surface area (Å²) in [5.74, 6) is -2.10. The van der Waals surface area contributed by atoms with Crippen LogP contribution in [0.3, 0.4) is 0 Å². The number of carbonyl (C=O) groups is 1. The van der Waals surface area contributed by atoms with Crippen LogP contribution in [0.2, 0.25) is 5.02 Å². The number of aromatic hydroxyl groups is 1. The van der Waals surface area contributed by atoms with E-state index in [1.54, 1.807) is 12.1 Å². The highest BCUT2D eigenvalue weighted by Crippen LogP contribution is 2.40. The molecule has 0 aliphatic rings. The molecule has 0 aliphatic carbocycles. The first-order valence-electron chi connectivity index (χ1n) is 10.6. The van der Waals surface area contributed by atoms with Gasteiger partial charge in [-0.3, -0.25) is 14.2 Å². The Hall–Kier alpha value is -3.85. The monoisotopic (exact) mass is 501 g/mol. The van der Waals surface area contributed by atoms with E-state index in [4.69, 9.17) is 11.6 Å². The van der Waals surface area contributed by atoms with Crippen LogP contribution >= 0.6 is 11.6 Å². The van der Waals surface area contributed by atoms with Gasteiger partial charge in [0.2, 0.25) is 0 Å². The van der Waals surface area contributed by atoms with Crippen LogP contribution in [0.5, 0.6) is 5.75 Å². The molecule has 35 heavy (non-hydrogen) atoms. The second-order valence-electron chi connectivity index (χ2n) is 7.85. The lowest BCUT2D eigenvalue weighted by atomic mass is 10.1. The molecule has 1 heterocycles. The second kappa shape index (κ2) is 9.42. The molecular formula is C25H19ClF3N3O3. The summed E-state index contributed by atoms with van der Waals surface area (Å²) in [5, 5.41) is 11.6. The van der Waals surface area contributed by atoms with Gasteiger partial charge in [0.25, 0.3) is 11.5 Å². The summed E-state index contributed by atoms with van der Waals surface area (Å²) in [4.78, 5) is 30.3. The Morgan fingerprint density at radius 2 is 1.80 bits per heavy atom. The number of phenolic OH excluding ortho intramolecular Hbond substituents is 1. The summed E-state index contributed by atoms with van der Waals surface area (Å²) in [5.41, 5.74) is 0.133. The number of hydrogen-bond acceptors (Lipinski definition) is 4. The van der Waals surface area contributed by atoms with Crippen molar-refractivity contribution in [3.63, 3.8) is 0 Å². The first-order chi connectivity index (χ1) is 16.6. The van der Waals surface area contributed by atoms with E-state index in [1.165, 1.54) is 17.0 Å². The molecule has 0 bridgehead atoms. The molecule has 6 nitrogen and oxygen atoms in total. The number of amides is 1. The highest BCUT2D eigenvalue weighted by molar-refractivity contribution is 6.32. The van der Waals surface area contributed by atoms with Crippen LogP contribution in [0.15, 0.2) is 65.7 Å². The van der Waals surface area contributed by atoms with Crippen molar-refractivity contribution in [1.29, 1.82) is 0 Å². The number of alkyl halides is 3. The number of benzene rings is 3. The zero-order chi connectivity index (χ0) is 25.3. The first-order valence-corrected chi connectivity index (χ1v) is 10.9. The molecule has 1 amide bonds. The number of fused-ring (bicyclic) bond motifs is 1. The van der Waals surface area contributed by atoms with E-state index >= 15 is 0 Å². The van der Waals surface area contributed by atoms with Gasteiger partial charge in [-0.15, -0.1) is 0 Å². The van der Waals surface area contributed by atoms with E-state index in [-0.39, 0.29) is 17.6 Å². The fourth-order valence-corrected chi connectivity index (χ4v) is 3.85. The number of aryl methyl sites for hydroxylation is 1. The van der Waals surface area contributed by atoms with Crippen LogP contribution in [0, 0.1) is 0 Å². The van der Waals surface area contributed by atoms with Crippen molar-refractivity contribution >= 4 is 34.1 Å². The standard InChI is InChI=1S/C25H19ClF3N3O3/c1-2-14-6-8-15(9-7-14)12-32-13-30-19-4-3-5-20(21(19)24(32)35)31-23(34)16-10-17(25(27,28)29)22(33)18(26)11-16/h3-11,13,33H,2,12H2,1H3,(H,31,34). The number of halogens is 4. The van der Waals surface area contributed by atoms with Gasteiger partial charge in [-0.1, -0.05) is 48.9 Å². The van der Waals surface area contributed by atoms with E-state index in [1.807, 2.05) is 31.2 Å². The molecule has 0 spiro atoms. The van der Waals surface area contributed by atoms with Crippen LogP contribution in [0.25, 0.3) is 10.9 Å². The number of hydrogen-bond donors (Lipinski definition) is 2. The molecule has 0 saturated heterocycles. The van der Waals surface area contributed by atoms with Crippen molar-refractivity contribution in [2.45, 2.75) is 26.1 Å². The van der Waals surface area contributed by atoms with Crippen molar-refractivity contribution in [3.8, 4) is 5.75 Å². The Balaban J connectivity index is 1.71. The van der Waals surface area contributed by atoms with Gasteiger partial charge in [-0.05, 0) is 41.8 Å². The van der Waals surface area contributed by atoms with E-state index in [0.717, 1.165) is 23.6 Å². The number of phenols is 1. The average Bonchev–Trinajstić information content (AvgIpc) is 2.82. The third kappa shape index (κ3) is 5.00. The van der Waals surface area contributed by atoms with E-state index in [9.17, 15) is 27.9 Å². The fraction of sp³-hybridized carbons (Fsp3) is 0.160. The van der Waals surface area contributed by atoms with E-state index in [2.05, 4.69) is 10.3 Å². The smallest absolute Gasteiger partial charge is 0.420 e. The predicted molar refractivity (Wildman–Crippen MR) is 127 cm³/mol. The molecule has 0 aliphatic heterocycles. The third-order valence-corrected chi connectivity index (χ3v) is 5.80. The van der Waals surface area contributed by atoms with Gasteiger partial charge in [0.05, 0.1) is 40.0 Å². The average molecular weight is 502 g/mol. The highest BCUT2D eigenvalue weighted by atomic mass is 35.5. The molecule has 4 rings (SSSR count). The lowest BCUT2D eigenvalue weighted by Crippen LogP contribution is -2.23. The topological polar surface area (TPSA) is 84.2 Å². The quantitative estimate of drug-likeness (QED) is 0.371. The maximum Gasteiger partial charge on any atom is 0.420 e. The zero-order valence-electron chi connectivity index (χ0n) is 18.4. The maximum atomic E-state index is 13.2. The van der Waals surface area contributed by atoms with Gasteiger partial charge < -0.3 is 10.4 Å². The predicted octanol–water partition coefficient (Wildman–Crippen LogP) is 5.64. The van der Waals surface area contributed by atoms with Crippen molar-refractivity contribution in [2.24, 2.45) is 0 Å². The molecule has 0 radical (unpaired) electrons. The molecular weight excluding hydrogens is 483 g/mol. The second-order valence-corrected chi connectivity index (χ2v) is 8.26. The summed E-state index contributed by atoms with van der Waals surface area (Å²) >= 11 is 5.72. The molecule has 0 fully saturated rings. The Labute approximate surface area is 202 Å². The fourth-order valence-electron chi connectivity index (χ4n) is 3.64. The van der Waals surface area contributed by atoms with Gasteiger partial charge in [0.15, 0.2) is 0 Å². The number of anilines is 1. The number of aromatic nitrogens is 2. The number of nitrogens with zero attached hydrogens (tertiary/aromatic N) is 2. The van der Waals surface area contributed by atoms with Crippen LogP contribution in [-0.2, 0) is 19.1 Å². The maximum absolute atomic E-state index is 13.2. The van der Waals surface area contributed by atoms with Crippen molar-refractivity contribution in [3.05, 3.63) is 98.6 Å². The van der Waals surface area contributed by atoms with Crippen LogP contribution < -0.4 is 10.9 Å². The Morgan fingerprint density at radius 3 is 2.46 bits per heavy atom. The number of nitrogens with one attached hydrogen (secondary N) is 1. The minimum atomic E-state index is -4.92. The molecule has 2 N–H and O–H groups in total. The molecule has 10 heteroatoms. The summed E-state index contributed by atoms with van der Waals surface area (Å²) in [6.45, 7) is 2.29. The van der Waals surface area contributed by atoms with Gasteiger partial charge in [-0.25, -0.2) is 4.98 Å². The van der Waals surface area contributed by atoms with Crippen molar-refractivity contribution in [1.82, 2.24) is 9.55 Å². The SMILES string of the molecule is CCc1ccc(Cn2cnc3cccc(NC(=O)c4cc(Cl)c(O)c(C(F)(F)F)c4)c3c2=O)cc1. The molecule has 180 valence electrons. The number of rotatable bonds is 5. The van der Waals surface area contributed by atoms with Gasteiger partial charge in [-0.2, -0.15) is 13.2 Å². The molecule has 0 atom stereocenters. The summed E-state index contributed by atoms with van der Waals surface area (Å²) in [6.07, 6.45) is -2.63. The van der Waals surface area contributed by atoms with Crippen LogP contribution in [-0.4, -0.2) is 20.6 Å². The number of carbonyl (C=O) groups excluding carboxylic acids is 1. The summed E-state index contributed by atoms with van der Waals surface area (Å²) in [7, 11) is 0. The first kappa shape index (κ1) is 24.3. The molecule has 0 unspecified atom stereocenters. The highest BCUT2D eigenvalue weighted by Gasteiger charge is 2.36. The largest absolute Gasteiger partial charge is 0.506 e. The van der Waals surface area contributed by atoms with Crippen LogP contribution in [0.4, 0.5) is 18.9 Å². The van der Waals surface area contributed by atoms with Gasteiger partial charge in [0, 0.05) is 5.56 Å². The summed E-state index contributed by atoms with van der Waals surface area (Å²) < 4.78 is 41.1. The van der Waals surface area contributed by atoms with Crippen molar-refractivity contribution < 1.29 is 23.1 Å². The third-order valence-electron chi connectivity index (χ3n) is 5.52. The van der Waals surface area contributed by atoms with Crippen LogP contribution in [0.1, 0.15) is 34.0 Å². The lowest BCUT2D eigenvalue weighted by Gasteiger charge is -2.14. The Bertz CT molecular complexity index is 1480. The molecule has 0 saturated carbocycles. The Morgan fingerprint density at radius 1 is 1.11 bits per heavy atom. The normalized spacial score (nSPS) is 11.6. The molecule has 4 aromatic rings. The van der Waals surface area contributed by atoms with Gasteiger partial charge in [0.1, 0.15) is 5.75 Å². The summed E-state index contributed by atoms with van der Waals surface area (Å²) in [6, 6.07) is 13.8. The van der Waals surface area contributed by atoms with E-state index < -0.39 is 39.5 Å². The van der Waals surface area contributed by atoms with Crippen molar-refractivity contribution in [2.75, 3.05) is 5.32 Å². The zero-order valence-corrected chi connectivity index (χ0v) is 19.1. The van der Waals surface area contributed by atoms with E-state index in [0.29, 0.717) is 11.6 Å². The lowest BCUT2D eigenvalue weighted by molar-refractivity contribution is -0.138. The Kier molecular flexibility index (Phi) is 6.53. The minimum Gasteiger partial charge on any atom is -0.506 e. The minimum absolute atomic E-state index is 0.0819. The molecule has 1 aromatic heterocycles. The van der Waals surface area contributed by atoms with Gasteiger partial charge >= 0.3 is 6.18 Å². The molecule has 3 aromatic carbocycles.